The fourth-order valence-corrected chi connectivity index (χ4v) is 3.01. The van der Waals surface area contributed by atoms with Crippen molar-refractivity contribution in [2.24, 2.45) is 5.90 Å². The monoisotopic (exact) mass is 379 g/mol. The number of rotatable bonds is 5. The quantitative estimate of drug-likeness (QED) is 0.480. The van der Waals surface area contributed by atoms with Gasteiger partial charge < -0.3 is 4.74 Å². The lowest BCUT2D eigenvalue weighted by Gasteiger charge is -2.18. The van der Waals surface area contributed by atoms with Gasteiger partial charge in [-0.1, -0.05) is 12.1 Å². The van der Waals surface area contributed by atoms with Gasteiger partial charge in [-0.05, 0) is 49.7 Å². The van der Waals surface area contributed by atoms with Crippen LogP contribution in [0.2, 0.25) is 0 Å². The average Bonchev–Trinajstić information content (AvgIpc) is 2.84. The maximum Gasteiger partial charge on any atom is 0.210 e. The van der Waals surface area contributed by atoms with E-state index in [2.05, 4.69) is 9.32 Å². The summed E-state index contributed by atoms with van der Waals surface area (Å²) in [6.45, 7) is 3.20. The highest BCUT2D eigenvalue weighted by Crippen LogP contribution is 2.42. The third-order valence-electron chi connectivity index (χ3n) is 3.85. The Kier molecular flexibility index (Phi) is 5.10. The summed E-state index contributed by atoms with van der Waals surface area (Å²) in [5, 5.41) is 0. The van der Waals surface area contributed by atoms with Crippen molar-refractivity contribution < 1.29 is 27.6 Å². The van der Waals surface area contributed by atoms with Crippen molar-refractivity contribution in [1.82, 2.24) is 0 Å². The molecule has 8 heteroatoms. The van der Waals surface area contributed by atoms with Gasteiger partial charge in [-0.15, -0.1) is 9.32 Å². The number of hydrogen-bond acceptors (Lipinski definition) is 6. The second kappa shape index (κ2) is 7.16. The lowest BCUT2D eigenvalue weighted by atomic mass is 9.92. The number of ketones is 1. The van der Waals surface area contributed by atoms with Crippen molar-refractivity contribution in [3.05, 3.63) is 65.2 Å². The van der Waals surface area contributed by atoms with E-state index in [0.29, 0.717) is 10.5 Å². The molecule has 1 heterocycles. The van der Waals surface area contributed by atoms with Crippen LogP contribution in [-0.2, 0) is 18.9 Å². The minimum Gasteiger partial charge on any atom is -0.478 e. The highest BCUT2D eigenvalue weighted by Gasteiger charge is 2.43. The smallest absolute Gasteiger partial charge is 0.210 e. The standard InChI is InChI=1S/C18H15F2NO4S/c1-18(2)17(22)15(10-3-5-11(19)6-4-10)16(23-18)13-8-7-12(9-14(13)20)26-25-24-21/h3-9H,21H2,1-2H3. The third kappa shape index (κ3) is 3.49. The molecule has 0 unspecified atom stereocenters. The molecule has 0 aliphatic carbocycles. The number of Topliss-reactive ketones (excluding diaryl/α,β-unsaturated/α-hetero) is 1. The zero-order valence-corrected chi connectivity index (χ0v) is 14.7. The number of carbonyl (C=O) groups excluding carboxylic acids is 1. The van der Waals surface area contributed by atoms with Crippen LogP contribution in [0.25, 0.3) is 11.3 Å². The Morgan fingerprint density at radius 1 is 1.12 bits per heavy atom. The van der Waals surface area contributed by atoms with E-state index in [1.807, 2.05) is 0 Å². The van der Waals surface area contributed by atoms with Gasteiger partial charge in [0.25, 0.3) is 0 Å². The van der Waals surface area contributed by atoms with Crippen LogP contribution in [0.5, 0.6) is 0 Å². The van der Waals surface area contributed by atoms with Gasteiger partial charge in [-0.2, -0.15) is 5.90 Å². The molecule has 0 radical (unpaired) electrons. The molecule has 0 aromatic heterocycles. The maximum atomic E-state index is 14.6. The van der Waals surface area contributed by atoms with E-state index in [1.165, 1.54) is 36.4 Å². The van der Waals surface area contributed by atoms with Crippen molar-refractivity contribution >= 4 is 29.2 Å². The maximum absolute atomic E-state index is 14.6. The Bertz CT molecular complexity index is 881. The van der Waals surface area contributed by atoms with Gasteiger partial charge in [0.05, 0.1) is 23.2 Å². The number of ether oxygens (including phenoxy) is 1. The summed E-state index contributed by atoms with van der Waals surface area (Å²) in [5.74, 6) is 3.50. The highest BCUT2D eigenvalue weighted by atomic mass is 32.2. The summed E-state index contributed by atoms with van der Waals surface area (Å²) in [6.07, 6.45) is 0. The molecule has 136 valence electrons. The molecule has 5 nitrogen and oxygen atoms in total. The molecular weight excluding hydrogens is 364 g/mol. The van der Waals surface area contributed by atoms with Crippen LogP contribution < -0.4 is 5.90 Å². The first kappa shape index (κ1) is 18.5. The molecular formula is C18H15F2NO4S. The van der Waals surface area contributed by atoms with E-state index in [9.17, 15) is 13.6 Å². The first-order valence-corrected chi connectivity index (χ1v) is 8.31. The Morgan fingerprint density at radius 2 is 1.81 bits per heavy atom. The summed E-state index contributed by atoms with van der Waals surface area (Å²) in [7, 11) is 0. The molecule has 3 rings (SSSR count). The predicted octanol–water partition coefficient (Wildman–Crippen LogP) is 4.04. The first-order chi connectivity index (χ1) is 12.3. The van der Waals surface area contributed by atoms with Crippen molar-refractivity contribution in [1.29, 1.82) is 0 Å². The van der Waals surface area contributed by atoms with Gasteiger partial charge in [0.15, 0.2) is 5.60 Å². The van der Waals surface area contributed by atoms with Gasteiger partial charge >= 0.3 is 0 Å². The largest absolute Gasteiger partial charge is 0.478 e. The molecule has 2 aromatic carbocycles. The normalized spacial score (nSPS) is 16.1. The van der Waals surface area contributed by atoms with Crippen LogP contribution in [0.3, 0.4) is 0 Å². The molecule has 0 saturated heterocycles. The zero-order chi connectivity index (χ0) is 18.9. The van der Waals surface area contributed by atoms with Crippen LogP contribution in [0.1, 0.15) is 25.0 Å². The highest BCUT2D eigenvalue weighted by molar-refractivity contribution is 7.94. The number of hydrogen-bond donors (Lipinski definition) is 1. The second-order valence-corrected chi connectivity index (χ2v) is 6.82. The van der Waals surface area contributed by atoms with Crippen molar-refractivity contribution in [2.45, 2.75) is 24.3 Å². The van der Waals surface area contributed by atoms with Gasteiger partial charge in [0.2, 0.25) is 5.78 Å². The van der Waals surface area contributed by atoms with Crippen LogP contribution in [0.15, 0.2) is 47.4 Å². The summed E-state index contributed by atoms with van der Waals surface area (Å²) in [5.41, 5.74) is -0.387. The number of carbonyl (C=O) groups is 1. The van der Waals surface area contributed by atoms with E-state index in [1.54, 1.807) is 19.9 Å². The molecule has 1 aliphatic heterocycles. The third-order valence-corrected chi connectivity index (χ3v) is 4.44. The Labute approximate surface area is 152 Å². The van der Waals surface area contributed by atoms with Gasteiger partial charge in [-0.25, -0.2) is 8.78 Å². The molecule has 2 N–H and O–H groups in total. The van der Waals surface area contributed by atoms with E-state index in [4.69, 9.17) is 10.6 Å². The minimum atomic E-state index is -1.16. The molecule has 0 fully saturated rings. The molecule has 1 aliphatic rings. The van der Waals surface area contributed by atoms with Crippen LogP contribution in [0.4, 0.5) is 8.78 Å². The van der Waals surface area contributed by atoms with Crippen molar-refractivity contribution in [3.8, 4) is 0 Å². The van der Waals surface area contributed by atoms with Crippen molar-refractivity contribution in [3.63, 3.8) is 0 Å². The average molecular weight is 379 g/mol. The van der Waals surface area contributed by atoms with Crippen LogP contribution >= 0.6 is 12.0 Å². The Balaban J connectivity index is 2.09. The molecule has 0 bridgehead atoms. The van der Waals surface area contributed by atoms with Crippen molar-refractivity contribution in [2.75, 3.05) is 0 Å². The molecule has 0 atom stereocenters. The summed E-state index contributed by atoms with van der Waals surface area (Å²) in [6, 6.07) is 9.62. The number of halogens is 2. The van der Waals surface area contributed by atoms with Crippen LogP contribution in [0, 0.1) is 11.6 Å². The van der Waals surface area contributed by atoms with E-state index in [0.717, 1.165) is 12.0 Å². The summed E-state index contributed by atoms with van der Waals surface area (Å²) in [4.78, 5) is 17.1. The fraction of sp³-hybridized carbons (Fsp3) is 0.167. The number of nitrogens with two attached hydrogens (primary N) is 1. The van der Waals surface area contributed by atoms with E-state index < -0.39 is 17.2 Å². The molecule has 0 spiro atoms. The fourth-order valence-electron chi connectivity index (χ4n) is 2.62. The lowest BCUT2D eigenvalue weighted by molar-refractivity contribution is -0.195. The minimum absolute atomic E-state index is 0.108. The predicted molar refractivity (Wildman–Crippen MR) is 92.0 cm³/mol. The van der Waals surface area contributed by atoms with E-state index >= 15 is 0 Å². The summed E-state index contributed by atoms with van der Waals surface area (Å²) < 4.78 is 38.1. The van der Waals surface area contributed by atoms with Gasteiger partial charge in [0, 0.05) is 4.90 Å². The SMILES string of the molecule is CC1(C)OC(c2ccc(SOON)cc2F)=C(c2ccc(F)cc2)C1=O. The first-order valence-electron chi connectivity index (χ1n) is 7.57. The van der Waals surface area contributed by atoms with Crippen LogP contribution in [-0.4, -0.2) is 11.4 Å². The molecule has 2 aromatic rings. The van der Waals surface area contributed by atoms with E-state index in [-0.39, 0.29) is 22.7 Å². The molecule has 0 amide bonds. The Morgan fingerprint density at radius 3 is 2.42 bits per heavy atom. The molecule has 26 heavy (non-hydrogen) atoms. The van der Waals surface area contributed by atoms with Gasteiger partial charge in [-0.3, -0.25) is 4.79 Å². The second-order valence-electron chi connectivity index (χ2n) is 6.04. The topological polar surface area (TPSA) is 70.8 Å². The lowest BCUT2D eigenvalue weighted by Crippen LogP contribution is -2.29. The zero-order valence-electron chi connectivity index (χ0n) is 13.9. The number of benzene rings is 2. The Hall–Kier alpha value is -2.26. The summed E-state index contributed by atoms with van der Waals surface area (Å²) >= 11 is 0.732. The molecule has 0 saturated carbocycles. The van der Waals surface area contributed by atoms with Gasteiger partial charge in [0.1, 0.15) is 17.4 Å².